The van der Waals surface area contributed by atoms with Crippen molar-refractivity contribution in [1.82, 2.24) is 10.2 Å². The van der Waals surface area contributed by atoms with Crippen molar-refractivity contribution in [3.63, 3.8) is 0 Å². The molecule has 28 heavy (non-hydrogen) atoms. The van der Waals surface area contributed by atoms with E-state index in [-0.39, 0.29) is 18.5 Å². The van der Waals surface area contributed by atoms with Crippen molar-refractivity contribution >= 4 is 17.7 Å². The Morgan fingerprint density at radius 3 is 2.29 bits per heavy atom. The molecule has 7 nitrogen and oxygen atoms in total. The van der Waals surface area contributed by atoms with E-state index < -0.39 is 11.8 Å². The largest absolute Gasteiger partial charge is 0.493 e. The second-order valence-corrected chi connectivity index (χ2v) is 6.81. The quantitative estimate of drug-likeness (QED) is 0.803. The Labute approximate surface area is 162 Å². The van der Waals surface area contributed by atoms with Crippen LogP contribution in [0.25, 0.3) is 0 Å². The fourth-order valence-corrected chi connectivity index (χ4v) is 3.85. The third-order valence-electron chi connectivity index (χ3n) is 5.24. The van der Waals surface area contributed by atoms with Gasteiger partial charge in [-0.05, 0) is 48.2 Å². The number of hydrogen-bond donors (Lipinski definition) is 1. The minimum Gasteiger partial charge on any atom is -0.493 e. The van der Waals surface area contributed by atoms with Crippen molar-refractivity contribution in [3.8, 4) is 11.5 Å². The molecule has 0 saturated heterocycles. The van der Waals surface area contributed by atoms with Crippen molar-refractivity contribution in [2.45, 2.75) is 18.9 Å². The van der Waals surface area contributed by atoms with Gasteiger partial charge in [-0.2, -0.15) is 0 Å². The van der Waals surface area contributed by atoms with Gasteiger partial charge in [-0.25, -0.2) is 0 Å². The van der Waals surface area contributed by atoms with E-state index in [1.54, 1.807) is 38.5 Å². The first-order chi connectivity index (χ1) is 13.5. The van der Waals surface area contributed by atoms with Crippen LogP contribution in [0, 0.1) is 0 Å². The van der Waals surface area contributed by atoms with Crippen molar-refractivity contribution in [3.05, 3.63) is 58.7 Å². The number of aryl methyl sites for hydroxylation is 1. The van der Waals surface area contributed by atoms with Gasteiger partial charge in [0.1, 0.15) is 6.54 Å². The van der Waals surface area contributed by atoms with Crippen LogP contribution in [0.5, 0.6) is 11.5 Å². The summed E-state index contributed by atoms with van der Waals surface area (Å²) >= 11 is 0. The number of methoxy groups -OCH3 is 2. The van der Waals surface area contributed by atoms with Gasteiger partial charge < -0.3 is 14.8 Å². The zero-order valence-corrected chi connectivity index (χ0v) is 15.7. The summed E-state index contributed by atoms with van der Waals surface area (Å²) in [5.74, 6) is 0.00657. The van der Waals surface area contributed by atoms with E-state index in [2.05, 4.69) is 5.32 Å². The average Bonchev–Trinajstić information content (AvgIpc) is 3.21. The van der Waals surface area contributed by atoms with E-state index in [0.717, 1.165) is 28.9 Å². The Hall–Kier alpha value is -3.35. The lowest BCUT2D eigenvalue weighted by Crippen LogP contribution is -2.41. The number of carbonyl (C=O) groups excluding carboxylic acids is 3. The molecule has 1 aliphatic carbocycles. The number of imide groups is 1. The minimum atomic E-state index is -0.436. The third kappa shape index (κ3) is 2.89. The van der Waals surface area contributed by atoms with Gasteiger partial charge in [-0.15, -0.1) is 0 Å². The number of amides is 3. The van der Waals surface area contributed by atoms with Gasteiger partial charge in [0.25, 0.3) is 11.8 Å². The molecule has 0 fully saturated rings. The van der Waals surface area contributed by atoms with Crippen LogP contribution in [0.3, 0.4) is 0 Å². The molecule has 2 aromatic carbocycles. The number of benzene rings is 2. The molecule has 1 atom stereocenters. The van der Waals surface area contributed by atoms with E-state index in [1.807, 2.05) is 12.1 Å². The molecule has 7 heteroatoms. The van der Waals surface area contributed by atoms with Crippen LogP contribution in [0.4, 0.5) is 0 Å². The summed E-state index contributed by atoms with van der Waals surface area (Å²) in [5, 5.41) is 2.94. The van der Waals surface area contributed by atoms with E-state index >= 15 is 0 Å². The molecule has 2 aromatic rings. The first kappa shape index (κ1) is 18.0. The summed E-state index contributed by atoms with van der Waals surface area (Å²) in [6.07, 6.45) is 1.53. The van der Waals surface area contributed by atoms with Crippen LogP contribution in [0.1, 0.15) is 44.3 Å². The number of rotatable bonds is 5. The van der Waals surface area contributed by atoms with Gasteiger partial charge >= 0.3 is 0 Å². The summed E-state index contributed by atoms with van der Waals surface area (Å²) in [6.45, 7) is -0.300. The van der Waals surface area contributed by atoms with Gasteiger partial charge in [0.15, 0.2) is 11.5 Å². The summed E-state index contributed by atoms with van der Waals surface area (Å²) in [5.41, 5.74) is 2.73. The predicted octanol–water partition coefficient (Wildman–Crippen LogP) is 2.10. The Morgan fingerprint density at radius 2 is 1.68 bits per heavy atom. The molecule has 0 radical (unpaired) electrons. The maximum Gasteiger partial charge on any atom is 0.262 e. The number of nitrogens with one attached hydrogen (secondary N) is 1. The molecule has 0 bridgehead atoms. The van der Waals surface area contributed by atoms with Crippen molar-refractivity contribution in [2.24, 2.45) is 0 Å². The highest BCUT2D eigenvalue weighted by Gasteiger charge is 2.37. The van der Waals surface area contributed by atoms with E-state index in [0.29, 0.717) is 22.6 Å². The lowest BCUT2D eigenvalue weighted by Gasteiger charge is -2.18. The zero-order valence-electron chi connectivity index (χ0n) is 15.7. The summed E-state index contributed by atoms with van der Waals surface area (Å²) in [6, 6.07) is 10.2. The molecular formula is C21H20N2O5. The lowest BCUT2D eigenvalue weighted by atomic mass is 10.1. The highest BCUT2D eigenvalue weighted by Crippen LogP contribution is 2.39. The minimum absolute atomic E-state index is 0.197. The maximum atomic E-state index is 12.6. The molecule has 0 aromatic heterocycles. The Morgan fingerprint density at radius 1 is 1.07 bits per heavy atom. The van der Waals surface area contributed by atoms with Crippen LogP contribution < -0.4 is 14.8 Å². The van der Waals surface area contributed by atoms with Gasteiger partial charge in [-0.3, -0.25) is 19.3 Å². The number of fused-ring (bicyclic) bond motifs is 2. The van der Waals surface area contributed by atoms with E-state index in [4.69, 9.17) is 9.47 Å². The van der Waals surface area contributed by atoms with Crippen LogP contribution in [-0.4, -0.2) is 43.4 Å². The number of carbonyl (C=O) groups is 3. The fourth-order valence-electron chi connectivity index (χ4n) is 3.85. The monoisotopic (exact) mass is 380 g/mol. The number of ether oxygens (including phenoxy) is 2. The van der Waals surface area contributed by atoms with Gasteiger partial charge in [0, 0.05) is 0 Å². The lowest BCUT2D eigenvalue weighted by molar-refractivity contribution is -0.122. The molecule has 3 amide bonds. The predicted molar refractivity (Wildman–Crippen MR) is 101 cm³/mol. The molecule has 1 N–H and O–H groups in total. The highest BCUT2D eigenvalue weighted by atomic mass is 16.5. The second-order valence-electron chi connectivity index (χ2n) is 6.81. The van der Waals surface area contributed by atoms with Crippen LogP contribution in [-0.2, 0) is 11.2 Å². The molecule has 1 unspecified atom stereocenters. The topological polar surface area (TPSA) is 84.9 Å². The van der Waals surface area contributed by atoms with Gasteiger partial charge in [0.2, 0.25) is 5.91 Å². The molecule has 1 heterocycles. The van der Waals surface area contributed by atoms with Crippen molar-refractivity contribution in [1.29, 1.82) is 0 Å². The SMILES string of the molecule is COc1cc2c(cc1OC)C(NC(=O)CN1C(=O)c3ccccc3C1=O)CC2. The second kappa shape index (κ2) is 6.99. The Balaban J connectivity index is 1.48. The molecule has 2 aliphatic rings. The van der Waals surface area contributed by atoms with Crippen molar-refractivity contribution in [2.75, 3.05) is 20.8 Å². The number of nitrogens with zero attached hydrogens (tertiary/aromatic N) is 1. The normalized spacial score (nSPS) is 17.4. The summed E-state index contributed by atoms with van der Waals surface area (Å²) < 4.78 is 10.7. The molecular weight excluding hydrogens is 360 g/mol. The smallest absolute Gasteiger partial charge is 0.262 e. The molecule has 4 rings (SSSR count). The zero-order chi connectivity index (χ0) is 19.8. The van der Waals surface area contributed by atoms with Crippen molar-refractivity contribution < 1.29 is 23.9 Å². The maximum absolute atomic E-state index is 12.6. The summed E-state index contributed by atoms with van der Waals surface area (Å²) in [7, 11) is 3.15. The molecule has 144 valence electrons. The molecule has 1 aliphatic heterocycles. The fraction of sp³-hybridized carbons (Fsp3) is 0.286. The van der Waals surface area contributed by atoms with Crippen LogP contribution >= 0.6 is 0 Å². The van der Waals surface area contributed by atoms with E-state index in [1.165, 1.54) is 0 Å². The van der Waals surface area contributed by atoms with Crippen LogP contribution in [0.15, 0.2) is 36.4 Å². The Kier molecular flexibility index (Phi) is 4.50. The van der Waals surface area contributed by atoms with Gasteiger partial charge in [-0.1, -0.05) is 12.1 Å². The summed E-state index contributed by atoms with van der Waals surface area (Å²) in [4.78, 5) is 38.4. The first-order valence-corrected chi connectivity index (χ1v) is 9.03. The standard InChI is InChI=1S/C21H20N2O5/c1-27-17-9-12-7-8-16(15(12)10-18(17)28-2)22-19(24)11-23-20(25)13-5-3-4-6-14(13)21(23)26/h3-6,9-10,16H,7-8,11H2,1-2H3,(H,22,24). The molecule has 0 spiro atoms. The van der Waals surface area contributed by atoms with Gasteiger partial charge in [0.05, 0.1) is 31.4 Å². The number of hydrogen-bond acceptors (Lipinski definition) is 5. The van der Waals surface area contributed by atoms with E-state index in [9.17, 15) is 14.4 Å². The third-order valence-corrected chi connectivity index (χ3v) is 5.24. The first-order valence-electron chi connectivity index (χ1n) is 9.03. The average molecular weight is 380 g/mol. The van der Waals surface area contributed by atoms with Crippen LogP contribution in [0.2, 0.25) is 0 Å². The highest BCUT2D eigenvalue weighted by molar-refractivity contribution is 6.22. The molecule has 0 saturated carbocycles. The Bertz CT molecular complexity index is 950.